The maximum atomic E-state index is 13.4. The van der Waals surface area contributed by atoms with Gasteiger partial charge in [0.1, 0.15) is 6.04 Å². The Morgan fingerprint density at radius 2 is 1.70 bits per heavy atom. The minimum atomic E-state index is -3.57. The van der Waals surface area contributed by atoms with Gasteiger partial charge in [0.25, 0.3) is 0 Å². The summed E-state index contributed by atoms with van der Waals surface area (Å²) in [5, 5.41) is 3.67. The standard InChI is InChI=1S/C27H37Cl2N3O4S/c1-18-10-8-11-24(19(18)2)32(37(7,35)36)15-9-12-25(33)31(20(3)26(34)30-27(4,5)6)17-21-13-14-22(28)23(29)16-21/h8,10-11,13-14,16,20H,9,12,15,17H2,1-7H3,(H,30,34)/t20-/m1/s1. The van der Waals surface area contributed by atoms with Gasteiger partial charge in [-0.25, -0.2) is 8.42 Å². The number of nitrogens with one attached hydrogen (secondary N) is 1. The molecule has 7 nitrogen and oxygen atoms in total. The smallest absolute Gasteiger partial charge is 0.242 e. The number of amides is 2. The van der Waals surface area contributed by atoms with Crippen LogP contribution in [0, 0.1) is 13.8 Å². The lowest BCUT2D eigenvalue weighted by atomic mass is 10.1. The molecule has 1 N–H and O–H groups in total. The Balaban J connectivity index is 2.25. The van der Waals surface area contributed by atoms with Gasteiger partial charge in [-0.3, -0.25) is 13.9 Å². The van der Waals surface area contributed by atoms with Crippen molar-refractivity contribution in [2.75, 3.05) is 17.1 Å². The van der Waals surface area contributed by atoms with Crippen LogP contribution in [-0.4, -0.2) is 49.5 Å². The van der Waals surface area contributed by atoms with E-state index in [1.54, 1.807) is 31.2 Å². The fourth-order valence-electron chi connectivity index (χ4n) is 3.88. The summed E-state index contributed by atoms with van der Waals surface area (Å²) in [4.78, 5) is 27.9. The number of halogens is 2. The summed E-state index contributed by atoms with van der Waals surface area (Å²) in [5.41, 5.74) is 2.71. The first kappa shape index (κ1) is 30.9. The molecule has 1 atom stereocenters. The molecule has 0 unspecified atom stereocenters. The molecule has 0 heterocycles. The number of rotatable bonds is 10. The number of hydrogen-bond donors (Lipinski definition) is 1. The van der Waals surface area contributed by atoms with Gasteiger partial charge >= 0.3 is 0 Å². The van der Waals surface area contributed by atoms with E-state index in [4.69, 9.17) is 23.2 Å². The van der Waals surface area contributed by atoms with Gasteiger partial charge in [-0.1, -0.05) is 41.4 Å². The fourth-order valence-corrected chi connectivity index (χ4v) is 5.22. The van der Waals surface area contributed by atoms with Crippen LogP contribution >= 0.6 is 23.2 Å². The van der Waals surface area contributed by atoms with Crippen LogP contribution < -0.4 is 9.62 Å². The van der Waals surface area contributed by atoms with Crippen LogP contribution in [0.5, 0.6) is 0 Å². The lowest BCUT2D eigenvalue weighted by molar-refractivity contribution is -0.141. The number of hydrogen-bond acceptors (Lipinski definition) is 4. The van der Waals surface area contributed by atoms with Crippen LogP contribution in [0.2, 0.25) is 10.0 Å². The number of carbonyl (C=O) groups is 2. The highest BCUT2D eigenvalue weighted by atomic mass is 35.5. The summed E-state index contributed by atoms with van der Waals surface area (Å²) in [6.45, 7) is 11.4. The second kappa shape index (κ2) is 12.5. The third kappa shape index (κ3) is 8.90. The zero-order chi connectivity index (χ0) is 28.1. The van der Waals surface area contributed by atoms with Gasteiger partial charge in [0.15, 0.2) is 0 Å². The Morgan fingerprint density at radius 3 is 2.27 bits per heavy atom. The summed E-state index contributed by atoms with van der Waals surface area (Å²) >= 11 is 12.2. The zero-order valence-electron chi connectivity index (χ0n) is 22.6. The van der Waals surface area contributed by atoms with Crippen LogP contribution in [0.4, 0.5) is 5.69 Å². The van der Waals surface area contributed by atoms with Gasteiger partial charge in [0.2, 0.25) is 21.8 Å². The van der Waals surface area contributed by atoms with Gasteiger partial charge < -0.3 is 10.2 Å². The molecule has 10 heteroatoms. The Morgan fingerprint density at radius 1 is 1.05 bits per heavy atom. The number of benzene rings is 2. The van der Waals surface area contributed by atoms with Crippen molar-refractivity contribution in [3.05, 3.63) is 63.1 Å². The number of anilines is 1. The second-order valence-corrected chi connectivity index (χ2v) is 13.1. The van der Waals surface area contributed by atoms with Gasteiger partial charge in [0.05, 0.1) is 22.0 Å². The molecule has 0 spiro atoms. The summed E-state index contributed by atoms with van der Waals surface area (Å²) in [6, 6.07) is 9.82. The van der Waals surface area contributed by atoms with E-state index in [2.05, 4.69) is 5.32 Å². The highest BCUT2D eigenvalue weighted by Gasteiger charge is 2.29. The summed E-state index contributed by atoms with van der Waals surface area (Å²) in [6.07, 6.45) is 1.50. The molecule has 0 radical (unpaired) electrons. The molecule has 0 aliphatic carbocycles. The fraction of sp³-hybridized carbons (Fsp3) is 0.481. The molecule has 2 rings (SSSR count). The minimum absolute atomic E-state index is 0.0609. The summed E-state index contributed by atoms with van der Waals surface area (Å²) < 4.78 is 26.5. The molecule has 2 amide bonds. The molecule has 0 aliphatic heterocycles. The molecule has 0 aliphatic rings. The van der Waals surface area contributed by atoms with Crippen molar-refractivity contribution >= 4 is 50.7 Å². The molecule has 2 aromatic rings. The maximum absolute atomic E-state index is 13.4. The largest absolute Gasteiger partial charge is 0.350 e. The van der Waals surface area contributed by atoms with Crippen LogP contribution in [0.1, 0.15) is 57.2 Å². The van der Waals surface area contributed by atoms with E-state index in [9.17, 15) is 18.0 Å². The summed E-state index contributed by atoms with van der Waals surface area (Å²) in [7, 11) is -3.57. The first-order valence-electron chi connectivity index (χ1n) is 12.1. The van der Waals surface area contributed by atoms with Crippen LogP contribution in [0.15, 0.2) is 36.4 Å². The van der Waals surface area contributed by atoms with Gasteiger partial charge in [-0.15, -0.1) is 0 Å². The van der Waals surface area contributed by atoms with Crippen molar-refractivity contribution in [1.82, 2.24) is 10.2 Å². The quantitative estimate of drug-likeness (QED) is 0.410. The van der Waals surface area contributed by atoms with E-state index in [1.807, 2.05) is 46.8 Å². The van der Waals surface area contributed by atoms with Crippen molar-refractivity contribution in [2.24, 2.45) is 0 Å². The van der Waals surface area contributed by atoms with Crippen molar-refractivity contribution in [3.63, 3.8) is 0 Å². The average molecular weight is 571 g/mol. The van der Waals surface area contributed by atoms with Crippen LogP contribution in [-0.2, 0) is 26.2 Å². The molecular formula is C27H37Cl2N3O4S. The molecule has 0 bridgehead atoms. The van der Waals surface area contributed by atoms with Crippen molar-refractivity contribution < 1.29 is 18.0 Å². The van der Waals surface area contributed by atoms with E-state index >= 15 is 0 Å². The SMILES string of the molecule is Cc1cccc(N(CCCC(=O)N(Cc2ccc(Cl)c(Cl)c2)[C@H](C)C(=O)NC(C)(C)C)S(C)(=O)=O)c1C. The molecular weight excluding hydrogens is 533 g/mol. The van der Waals surface area contributed by atoms with Crippen molar-refractivity contribution in [2.45, 2.75) is 72.5 Å². The second-order valence-electron chi connectivity index (χ2n) is 10.3. The molecule has 0 saturated carbocycles. The van der Waals surface area contributed by atoms with E-state index < -0.39 is 21.6 Å². The first-order chi connectivity index (χ1) is 17.0. The van der Waals surface area contributed by atoms with Gasteiger partial charge in [0, 0.05) is 25.0 Å². The van der Waals surface area contributed by atoms with E-state index in [-0.39, 0.29) is 37.7 Å². The first-order valence-corrected chi connectivity index (χ1v) is 14.7. The Hall–Kier alpha value is -2.29. The predicted octanol–water partition coefficient (Wildman–Crippen LogP) is 5.49. The van der Waals surface area contributed by atoms with Crippen LogP contribution in [0.25, 0.3) is 0 Å². The lowest BCUT2D eigenvalue weighted by Crippen LogP contribution is -2.52. The molecule has 0 fully saturated rings. The maximum Gasteiger partial charge on any atom is 0.242 e. The predicted molar refractivity (Wildman–Crippen MR) is 152 cm³/mol. The summed E-state index contributed by atoms with van der Waals surface area (Å²) in [5.74, 6) is -0.550. The highest BCUT2D eigenvalue weighted by Crippen LogP contribution is 2.26. The third-order valence-corrected chi connectivity index (χ3v) is 7.92. The van der Waals surface area contributed by atoms with E-state index in [1.165, 1.54) is 9.21 Å². The molecule has 0 saturated heterocycles. The topological polar surface area (TPSA) is 86.8 Å². The molecule has 0 aromatic heterocycles. The minimum Gasteiger partial charge on any atom is -0.350 e. The number of nitrogens with zero attached hydrogens (tertiary/aromatic N) is 2. The Kier molecular flexibility index (Phi) is 10.5. The third-order valence-electron chi connectivity index (χ3n) is 6.00. The van der Waals surface area contributed by atoms with Crippen molar-refractivity contribution in [3.8, 4) is 0 Å². The normalized spacial score (nSPS) is 12.7. The molecule has 204 valence electrons. The monoisotopic (exact) mass is 569 g/mol. The lowest BCUT2D eigenvalue weighted by Gasteiger charge is -2.32. The highest BCUT2D eigenvalue weighted by molar-refractivity contribution is 7.92. The molecule has 2 aromatic carbocycles. The van der Waals surface area contributed by atoms with E-state index in [0.29, 0.717) is 15.7 Å². The van der Waals surface area contributed by atoms with Gasteiger partial charge in [-0.2, -0.15) is 0 Å². The Labute approximate surface area is 231 Å². The number of aryl methyl sites for hydroxylation is 1. The van der Waals surface area contributed by atoms with Gasteiger partial charge in [-0.05, 0) is 82.9 Å². The number of carbonyl (C=O) groups excluding carboxylic acids is 2. The van der Waals surface area contributed by atoms with Crippen molar-refractivity contribution in [1.29, 1.82) is 0 Å². The van der Waals surface area contributed by atoms with E-state index in [0.717, 1.165) is 22.9 Å². The average Bonchev–Trinajstić information content (AvgIpc) is 2.77. The number of sulfonamides is 1. The molecule has 37 heavy (non-hydrogen) atoms. The zero-order valence-corrected chi connectivity index (χ0v) is 24.9. The van der Waals surface area contributed by atoms with Crippen LogP contribution in [0.3, 0.4) is 0 Å². The Bertz CT molecular complexity index is 1240.